The second kappa shape index (κ2) is 7.60. The number of anilines is 1. The van der Waals surface area contributed by atoms with Gasteiger partial charge in [-0.05, 0) is 30.3 Å². The van der Waals surface area contributed by atoms with Gasteiger partial charge in [0.05, 0.1) is 10.4 Å². The number of benzene rings is 2. The van der Waals surface area contributed by atoms with E-state index in [0.29, 0.717) is 16.7 Å². The highest BCUT2D eigenvalue weighted by molar-refractivity contribution is 7.89. The molecule has 3 aromatic rings. The molecule has 0 amide bonds. The number of nitrogens with zero attached hydrogens (tertiary/aromatic N) is 4. The van der Waals surface area contributed by atoms with Crippen molar-refractivity contribution in [2.75, 3.05) is 31.1 Å². The van der Waals surface area contributed by atoms with E-state index in [9.17, 15) is 21.6 Å². The first-order chi connectivity index (χ1) is 13.9. The summed E-state index contributed by atoms with van der Waals surface area (Å²) in [7, 11) is -3.84. The summed E-state index contributed by atoms with van der Waals surface area (Å²) in [5.74, 6) is -0.834. The van der Waals surface area contributed by atoms with Gasteiger partial charge in [-0.25, -0.2) is 31.6 Å². The molecule has 1 aliphatic heterocycles. The molecule has 0 bridgehead atoms. The molecule has 10 heteroatoms. The fourth-order valence-electron chi connectivity index (χ4n) is 3.33. The third kappa shape index (κ3) is 3.77. The Bertz CT molecular complexity index is 1150. The van der Waals surface area contributed by atoms with Crippen molar-refractivity contribution in [1.29, 1.82) is 0 Å². The first-order valence-electron chi connectivity index (χ1n) is 8.92. The number of alkyl halides is 2. The minimum absolute atomic E-state index is 0.113. The largest absolute Gasteiger partial charge is 0.353 e. The Hall–Kier alpha value is -2.72. The smallest absolute Gasteiger partial charge is 0.297 e. The van der Waals surface area contributed by atoms with Gasteiger partial charge in [-0.3, -0.25) is 0 Å². The van der Waals surface area contributed by atoms with Crippen LogP contribution < -0.4 is 4.90 Å². The van der Waals surface area contributed by atoms with Gasteiger partial charge in [-0.1, -0.05) is 18.2 Å². The van der Waals surface area contributed by atoms with Gasteiger partial charge in [0, 0.05) is 31.6 Å². The van der Waals surface area contributed by atoms with Crippen LogP contribution in [0.25, 0.3) is 10.9 Å². The second-order valence-electron chi connectivity index (χ2n) is 6.57. The summed E-state index contributed by atoms with van der Waals surface area (Å²) in [6, 6.07) is 11.7. The number of aromatic nitrogens is 2. The van der Waals surface area contributed by atoms with Crippen LogP contribution in [0.5, 0.6) is 0 Å². The molecule has 1 saturated heterocycles. The van der Waals surface area contributed by atoms with Gasteiger partial charge in [0.15, 0.2) is 5.82 Å². The monoisotopic (exact) mass is 422 g/mol. The molecule has 1 fully saturated rings. The molecule has 0 saturated carbocycles. The Morgan fingerprint density at radius 2 is 1.66 bits per heavy atom. The fraction of sp³-hybridized carbons (Fsp3) is 0.263. The van der Waals surface area contributed by atoms with Crippen molar-refractivity contribution < 1.29 is 21.6 Å². The molecule has 0 radical (unpaired) electrons. The van der Waals surface area contributed by atoms with Crippen LogP contribution in [0.4, 0.5) is 19.0 Å². The second-order valence-corrected chi connectivity index (χ2v) is 8.51. The van der Waals surface area contributed by atoms with E-state index in [-0.39, 0.29) is 31.1 Å². The van der Waals surface area contributed by atoms with Crippen molar-refractivity contribution in [3.8, 4) is 0 Å². The van der Waals surface area contributed by atoms with Gasteiger partial charge in [-0.2, -0.15) is 4.31 Å². The van der Waals surface area contributed by atoms with E-state index in [2.05, 4.69) is 9.97 Å². The molecule has 0 atom stereocenters. The van der Waals surface area contributed by atoms with Crippen LogP contribution in [0, 0.1) is 5.82 Å². The zero-order chi connectivity index (χ0) is 20.6. The molecular weight excluding hydrogens is 405 g/mol. The minimum Gasteiger partial charge on any atom is -0.353 e. The number of rotatable bonds is 4. The highest BCUT2D eigenvalue weighted by Crippen LogP contribution is 2.28. The molecule has 29 heavy (non-hydrogen) atoms. The molecule has 0 aliphatic carbocycles. The highest BCUT2D eigenvalue weighted by atomic mass is 32.2. The van der Waals surface area contributed by atoms with Crippen molar-refractivity contribution in [3.05, 3.63) is 60.2 Å². The topological polar surface area (TPSA) is 66.4 Å². The maximum absolute atomic E-state index is 13.4. The predicted octanol–water partition coefficient (Wildman–Crippen LogP) is 3.22. The number of halogens is 3. The SMILES string of the molecule is O=S(=O)(c1cccc(F)c1)N1CCN(c2nc(C(F)F)nc3ccccc23)CC1. The zero-order valence-electron chi connectivity index (χ0n) is 15.2. The van der Waals surface area contributed by atoms with E-state index >= 15 is 0 Å². The van der Waals surface area contributed by atoms with E-state index in [0.717, 1.165) is 6.07 Å². The van der Waals surface area contributed by atoms with E-state index in [1.807, 2.05) is 0 Å². The maximum atomic E-state index is 13.4. The Labute approximate surface area is 165 Å². The molecule has 0 N–H and O–H groups in total. The normalized spacial score (nSPS) is 15.9. The number of piperazine rings is 1. The summed E-state index contributed by atoms with van der Waals surface area (Å²) in [6.07, 6.45) is -2.81. The van der Waals surface area contributed by atoms with Crippen molar-refractivity contribution >= 4 is 26.7 Å². The van der Waals surface area contributed by atoms with Gasteiger partial charge in [0.25, 0.3) is 6.43 Å². The van der Waals surface area contributed by atoms with Crippen molar-refractivity contribution in [3.63, 3.8) is 0 Å². The van der Waals surface area contributed by atoms with Crippen molar-refractivity contribution in [2.24, 2.45) is 0 Å². The average molecular weight is 422 g/mol. The van der Waals surface area contributed by atoms with Crippen LogP contribution in [0.1, 0.15) is 12.2 Å². The van der Waals surface area contributed by atoms with Crippen molar-refractivity contribution in [2.45, 2.75) is 11.3 Å². The predicted molar refractivity (Wildman–Crippen MR) is 102 cm³/mol. The molecular formula is C19H17F3N4O2S. The summed E-state index contributed by atoms with van der Waals surface area (Å²) in [4.78, 5) is 9.59. The third-order valence-corrected chi connectivity index (χ3v) is 6.66. The van der Waals surface area contributed by atoms with Gasteiger partial charge in [0.1, 0.15) is 11.6 Å². The Balaban J connectivity index is 1.60. The quantitative estimate of drug-likeness (QED) is 0.646. The van der Waals surface area contributed by atoms with E-state index in [1.165, 1.54) is 22.5 Å². The van der Waals surface area contributed by atoms with E-state index in [1.54, 1.807) is 29.2 Å². The molecule has 6 nitrogen and oxygen atoms in total. The molecule has 0 spiro atoms. The zero-order valence-corrected chi connectivity index (χ0v) is 16.0. The van der Waals surface area contributed by atoms with Crippen molar-refractivity contribution in [1.82, 2.24) is 14.3 Å². The molecule has 2 aromatic carbocycles. The summed E-state index contributed by atoms with van der Waals surface area (Å²) in [6.45, 7) is 0.777. The van der Waals surface area contributed by atoms with Crippen LogP contribution in [0.15, 0.2) is 53.4 Å². The first kappa shape index (κ1) is 19.6. The van der Waals surface area contributed by atoms with Crippen LogP contribution >= 0.6 is 0 Å². The van der Waals surface area contributed by atoms with Gasteiger partial charge in [0.2, 0.25) is 10.0 Å². The highest BCUT2D eigenvalue weighted by Gasteiger charge is 2.30. The lowest BCUT2D eigenvalue weighted by molar-refractivity contribution is 0.141. The number of fused-ring (bicyclic) bond motifs is 1. The van der Waals surface area contributed by atoms with Crippen LogP contribution in [-0.2, 0) is 10.0 Å². The molecule has 1 aromatic heterocycles. The fourth-order valence-corrected chi connectivity index (χ4v) is 4.79. The number of para-hydroxylation sites is 1. The first-order valence-corrected chi connectivity index (χ1v) is 10.4. The summed E-state index contributed by atoms with van der Waals surface area (Å²) < 4.78 is 66.6. The number of hydrogen-bond donors (Lipinski definition) is 0. The average Bonchev–Trinajstić information content (AvgIpc) is 2.73. The molecule has 1 aliphatic rings. The Morgan fingerprint density at radius 3 is 2.34 bits per heavy atom. The van der Waals surface area contributed by atoms with E-state index in [4.69, 9.17) is 0 Å². The van der Waals surface area contributed by atoms with Gasteiger partial charge < -0.3 is 4.90 Å². The lowest BCUT2D eigenvalue weighted by Crippen LogP contribution is -2.49. The Morgan fingerprint density at radius 1 is 0.931 bits per heavy atom. The number of hydrogen-bond acceptors (Lipinski definition) is 5. The van der Waals surface area contributed by atoms with Gasteiger partial charge >= 0.3 is 0 Å². The standard InChI is InChI=1S/C19H17F3N4O2S/c20-13-4-3-5-14(12-13)29(27,28)26-10-8-25(9-11-26)19-15-6-1-2-7-16(15)23-18(24-19)17(21)22/h1-7,12,17H,8-11H2. The maximum Gasteiger partial charge on any atom is 0.297 e. The van der Waals surface area contributed by atoms with Gasteiger partial charge in [-0.15, -0.1) is 0 Å². The lowest BCUT2D eigenvalue weighted by Gasteiger charge is -2.35. The van der Waals surface area contributed by atoms with Crippen LogP contribution in [0.3, 0.4) is 0 Å². The summed E-state index contributed by atoms with van der Waals surface area (Å²) >= 11 is 0. The molecule has 152 valence electrons. The summed E-state index contributed by atoms with van der Waals surface area (Å²) in [5, 5.41) is 0.623. The van der Waals surface area contributed by atoms with E-state index < -0.39 is 28.1 Å². The third-order valence-electron chi connectivity index (χ3n) is 4.77. The number of sulfonamides is 1. The minimum atomic E-state index is -3.84. The molecule has 2 heterocycles. The Kier molecular flexibility index (Phi) is 5.13. The van der Waals surface area contributed by atoms with Crippen LogP contribution in [-0.4, -0.2) is 48.9 Å². The summed E-state index contributed by atoms with van der Waals surface area (Å²) in [5.41, 5.74) is 0.405. The lowest BCUT2D eigenvalue weighted by atomic mass is 10.2. The van der Waals surface area contributed by atoms with Crippen LogP contribution in [0.2, 0.25) is 0 Å². The molecule has 4 rings (SSSR count). The molecule has 0 unspecified atom stereocenters.